The average molecular weight is 433 g/mol. The average Bonchev–Trinajstić information content (AvgIpc) is 3.13. The van der Waals surface area contributed by atoms with E-state index in [2.05, 4.69) is 15.3 Å². The number of aromatic nitrogens is 3. The number of nitrogens with zero attached hydrogens (tertiary/aromatic N) is 3. The molecular weight excluding hydrogens is 418 g/mol. The van der Waals surface area contributed by atoms with Gasteiger partial charge >= 0.3 is 0 Å². The van der Waals surface area contributed by atoms with Crippen LogP contribution >= 0.6 is 24.0 Å². The van der Waals surface area contributed by atoms with Gasteiger partial charge in [0.1, 0.15) is 0 Å². The summed E-state index contributed by atoms with van der Waals surface area (Å²) in [6.45, 7) is 0. The fraction of sp³-hybridized carbons (Fsp3) is 0.0500. The van der Waals surface area contributed by atoms with Crippen LogP contribution in [-0.4, -0.2) is 27.8 Å². The molecule has 29 heavy (non-hydrogen) atoms. The van der Waals surface area contributed by atoms with Crippen LogP contribution in [0.2, 0.25) is 5.02 Å². The Morgan fingerprint density at radius 3 is 2.72 bits per heavy atom. The lowest BCUT2D eigenvalue weighted by molar-refractivity contribution is 0.112. The van der Waals surface area contributed by atoms with Crippen molar-refractivity contribution in [3.05, 3.63) is 71.4 Å². The third-order valence-corrected chi connectivity index (χ3v) is 4.59. The Morgan fingerprint density at radius 1 is 1.21 bits per heavy atom. The van der Waals surface area contributed by atoms with Crippen LogP contribution < -0.4 is 10.1 Å². The van der Waals surface area contributed by atoms with Crippen molar-refractivity contribution in [2.45, 2.75) is 0 Å². The summed E-state index contributed by atoms with van der Waals surface area (Å²) >= 11 is 6.08. The topological polar surface area (TPSA) is 68.5 Å². The summed E-state index contributed by atoms with van der Waals surface area (Å²) < 4.78 is 20.9. The van der Waals surface area contributed by atoms with Crippen LogP contribution in [0.1, 0.15) is 10.4 Å². The lowest BCUT2D eigenvalue weighted by Gasteiger charge is -2.09. The standard InChI is InChI=1S/C20H14ClFN4O2.ClH/c1-28-18-5-3-12(8-16(18)22)17-10-24-20-19(23-6-7-26(17)20)25-14-4-2-13(11-27)15(21)9-14;/h2-11H,1H3,(H,23,25);1H. The van der Waals surface area contributed by atoms with Gasteiger partial charge in [0, 0.05) is 29.2 Å². The van der Waals surface area contributed by atoms with Crippen molar-refractivity contribution in [2.75, 3.05) is 12.4 Å². The molecule has 1 N–H and O–H groups in total. The number of benzene rings is 2. The first-order valence-corrected chi connectivity index (χ1v) is 8.66. The molecule has 0 aliphatic carbocycles. The van der Waals surface area contributed by atoms with Gasteiger partial charge in [-0.2, -0.15) is 0 Å². The van der Waals surface area contributed by atoms with Gasteiger partial charge in [-0.25, -0.2) is 14.4 Å². The van der Waals surface area contributed by atoms with Crippen molar-refractivity contribution >= 4 is 47.4 Å². The summed E-state index contributed by atoms with van der Waals surface area (Å²) in [4.78, 5) is 19.6. The van der Waals surface area contributed by atoms with Crippen LogP contribution in [0.25, 0.3) is 16.9 Å². The molecule has 0 unspecified atom stereocenters. The van der Waals surface area contributed by atoms with Gasteiger partial charge in [-0.15, -0.1) is 12.4 Å². The highest BCUT2D eigenvalue weighted by atomic mass is 35.5. The van der Waals surface area contributed by atoms with Crippen molar-refractivity contribution in [1.29, 1.82) is 0 Å². The second-order valence-electron chi connectivity index (χ2n) is 5.94. The molecule has 6 nitrogen and oxygen atoms in total. The van der Waals surface area contributed by atoms with Crippen molar-refractivity contribution < 1.29 is 13.9 Å². The second kappa shape index (κ2) is 8.46. The van der Waals surface area contributed by atoms with Crippen LogP contribution in [0, 0.1) is 5.82 Å². The van der Waals surface area contributed by atoms with E-state index < -0.39 is 5.82 Å². The molecule has 0 aliphatic heterocycles. The molecule has 0 aliphatic rings. The van der Waals surface area contributed by atoms with Crippen molar-refractivity contribution in [3.63, 3.8) is 0 Å². The number of hydrogen-bond acceptors (Lipinski definition) is 5. The van der Waals surface area contributed by atoms with Gasteiger partial charge in [0.05, 0.1) is 24.0 Å². The van der Waals surface area contributed by atoms with Crippen molar-refractivity contribution in [2.24, 2.45) is 0 Å². The number of carbonyl (C=O) groups is 1. The van der Waals surface area contributed by atoms with Crippen LogP contribution in [0.4, 0.5) is 15.9 Å². The molecule has 9 heteroatoms. The van der Waals surface area contributed by atoms with Crippen LogP contribution in [0.5, 0.6) is 5.75 Å². The molecule has 0 spiro atoms. The fourth-order valence-corrected chi connectivity index (χ4v) is 3.11. The molecule has 2 aromatic heterocycles. The van der Waals surface area contributed by atoms with Gasteiger partial charge in [0.15, 0.2) is 29.3 Å². The lowest BCUT2D eigenvalue weighted by Crippen LogP contribution is -1.99. The van der Waals surface area contributed by atoms with Gasteiger partial charge in [-0.1, -0.05) is 11.6 Å². The minimum atomic E-state index is -0.452. The molecule has 0 radical (unpaired) electrons. The van der Waals surface area contributed by atoms with Gasteiger partial charge in [-0.05, 0) is 36.4 Å². The normalized spacial score (nSPS) is 10.4. The Hall–Kier alpha value is -3.16. The number of imidazole rings is 1. The smallest absolute Gasteiger partial charge is 0.180 e. The predicted molar refractivity (Wildman–Crippen MR) is 112 cm³/mol. The van der Waals surface area contributed by atoms with E-state index in [1.165, 1.54) is 13.2 Å². The highest BCUT2D eigenvalue weighted by Crippen LogP contribution is 2.29. The number of nitrogens with one attached hydrogen (secondary N) is 1. The number of anilines is 2. The Morgan fingerprint density at radius 2 is 2.03 bits per heavy atom. The third kappa shape index (κ3) is 3.87. The van der Waals surface area contributed by atoms with E-state index in [1.807, 2.05) is 0 Å². The summed E-state index contributed by atoms with van der Waals surface area (Å²) in [5.41, 5.74) is 2.99. The van der Waals surface area contributed by atoms with Gasteiger partial charge in [0.2, 0.25) is 0 Å². The second-order valence-corrected chi connectivity index (χ2v) is 6.35. The van der Waals surface area contributed by atoms with E-state index in [-0.39, 0.29) is 18.2 Å². The van der Waals surface area contributed by atoms with E-state index in [0.29, 0.717) is 45.3 Å². The number of aldehydes is 1. The van der Waals surface area contributed by atoms with Crippen LogP contribution in [0.3, 0.4) is 0 Å². The fourth-order valence-electron chi connectivity index (χ4n) is 2.88. The molecule has 0 amide bonds. The maximum atomic E-state index is 14.1. The molecule has 2 aromatic carbocycles. The minimum Gasteiger partial charge on any atom is -0.494 e. The number of fused-ring (bicyclic) bond motifs is 1. The number of carbonyl (C=O) groups excluding carboxylic acids is 1. The number of hydrogen-bond donors (Lipinski definition) is 1. The summed E-state index contributed by atoms with van der Waals surface area (Å²) in [6.07, 6.45) is 5.70. The molecule has 4 aromatic rings. The van der Waals surface area contributed by atoms with Gasteiger partial charge < -0.3 is 10.1 Å². The molecule has 0 saturated heterocycles. The first-order valence-electron chi connectivity index (χ1n) is 8.28. The van der Waals surface area contributed by atoms with E-state index >= 15 is 0 Å². The van der Waals surface area contributed by atoms with Crippen LogP contribution in [0.15, 0.2) is 55.0 Å². The van der Waals surface area contributed by atoms with E-state index in [1.54, 1.807) is 53.3 Å². The van der Waals surface area contributed by atoms with Gasteiger partial charge in [0.25, 0.3) is 0 Å². The third-order valence-electron chi connectivity index (χ3n) is 4.27. The SMILES string of the molecule is COc1ccc(-c2cnc3c(Nc4ccc(C=O)c(Cl)c4)nccn23)cc1F.Cl. The maximum absolute atomic E-state index is 14.1. The highest BCUT2D eigenvalue weighted by Gasteiger charge is 2.13. The number of halogens is 3. The first kappa shape index (κ1) is 20.6. The zero-order valence-electron chi connectivity index (χ0n) is 15.1. The Balaban J connectivity index is 0.00000240. The largest absolute Gasteiger partial charge is 0.494 e. The number of ether oxygens (including phenoxy) is 1. The Kier molecular flexibility index (Phi) is 6.00. The predicted octanol–water partition coefficient (Wildman–Crippen LogP) is 5.18. The lowest BCUT2D eigenvalue weighted by atomic mass is 10.1. The number of rotatable bonds is 5. The summed E-state index contributed by atoms with van der Waals surface area (Å²) in [7, 11) is 1.42. The molecule has 4 rings (SSSR count). The number of methoxy groups -OCH3 is 1. The molecule has 0 bridgehead atoms. The van der Waals surface area contributed by atoms with E-state index in [9.17, 15) is 9.18 Å². The maximum Gasteiger partial charge on any atom is 0.180 e. The zero-order chi connectivity index (χ0) is 19.7. The van der Waals surface area contributed by atoms with E-state index in [0.717, 1.165) is 0 Å². The molecule has 0 saturated carbocycles. The monoisotopic (exact) mass is 432 g/mol. The minimum absolute atomic E-state index is 0. The molecular formula is C20H15Cl2FN4O2. The highest BCUT2D eigenvalue weighted by molar-refractivity contribution is 6.33. The summed E-state index contributed by atoms with van der Waals surface area (Å²) in [5.74, 6) is 0.224. The van der Waals surface area contributed by atoms with Crippen molar-refractivity contribution in [1.82, 2.24) is 14.4 Å². The Labute approximate surface area is 176 Å². The van der Waals surface area contributed by atoms with E-state index in [4.69, 9.17) is 16.3 Å². The van der Waals surface area contributed by atoms with Crippen molar-refractivity contribution in [3.8, 4) is 17.0 Å². The van der Waals surface area contributed by atoms with Crippen LogP contribution in [-0.2, 0) is 0 Å². The zero-order valence-corrected chi connectivity index (χ0v) is 16.7. The quantitative estimate of drug-likeness (QED) is 0.440. The molecule has 0 atom stereocenters. The summed E-state index contributed by atoms with van der Waals surface area (Å²) in [6, 6.07) is 9.71. The molecule has 0 fully saturated rings. The summed E-state index contributed by atoms with van der Waals surface area (Å²) in [5, 5.41) is 3.48. The molecule has 148 valence electrons. The Bertz CT molecular complexity index is 1200. The first-order chi connectivity index (χ1) is 13.6. The molecule has 2 heterocycles. The van der Waals surface area contributed by atoms with Gasteiger partial charge in [-0.3, -0.25) is 9.20 Å².